The Balaban J connectivity index is 1.68. The van der Waals surface area contributed by atoms with Gasteiger partial charge in [-0.15, -0.1) is 0 Å². The molecule has 0 radical (unpaired) electrons. The van der Waals surface area contributed by atoms with Crippen LogP contribution in [0.25, 0.3) is 0 Å². The third-order valence-electron chi connectivity index (χ3n) is 3.37. The Hall–Kier alpha value is -1.42. The van der Waals surface area contributed by atoms with Crippen LogP contribution < -0.4 is 14.8 Å². The van der Waals surface area contributed by atoms with E-state index in [9.17, 15) is 0 Å². The van der Waals surface area contributed by atoms with Crippen LogP contribution in [0.1, 0.15) is 12.8 Å². The zero-order chi connectivity index (χ0) is 11.7. The van der Waals surface area contributed by atoms with Crippen LogP contribution in [-0.2, 0) is 0 Å². The number of likely N-dealkylation sites (tertiary alicyclic amines) is 1. The number of hydrogen-bond donors (Lipinski definition) is 1. The third-order valence-corrected chi connectivity index (χ3v) is 3.37. The van der Waals surface area contributed by atoms with Crippen molar-refractivity contribution in [3.05, 3.63) is 18.2 Å². The second-order valence-electron chi connectivity index (χ2n) is 4.81. The summed E-state index contributed by atoms with van der Waals surface area (Å²) >= 11 is 0. The molecule has 4 heteroatoms. The quantitative estimate of drug-likeness (QED) is 0.847. The van der Waals surface area contributed by atoms with E-state index in [-0.39, 0.29) is 0 Å². The molecule has 4 nitrogen and oxygen atoms in total. The molecule has 1 atom stereocenters. The number of hydrogen-bond acceptors (Lipinski definition) is 4. The van der Waals surface area contributed by atoms with Crippen LogP contribution >= 0.6 is 0 Å². The largest absolute Gasteiger partial charge is 0.454 e. The molecule has 0 bridgehead atoms. The number of nitrogens with one attached hydrogen (secondary N) is 1. The molecule has 92 valence electrons. The Morgan fingerprint density at radius 1 is 1.29 bits per heavy atom. The molecule has 2 aliphatic rings. The number of ether oxygens (including phenoxy) is 2. The lowest BCUT2D eigenvalue weighted by molar-refractivity contribution is 0.174. The predicted molar refractivity (Wildman–Crippen MR) is 66.7 cm³/mol. The molecule has 0 aromatic heterocycles. The Kier molecular flexibility index (Phi) is 2.81. The van der Waals surface area contributed by atoms with Gasteiger partial charge < -0.3 is 19.7 Å². The molecule has 2 aliphatic heterocycles. The fourth-order valence-electron chi connectivity index (χ4n) is 2.51. The summed E-state index contributed by atoms with van der Waals surface area (Å²) in [5.74, 6) is 1.69. The van der Waals surface area contributed by atoms with E-state index in [1.54, 1.807) is 0 Å². The monoisotopic (exact) mass is 234 g/mol. The fourth-order valence-corrected chi connectivity index (χ4v) is 2.51. The molecule has 0 amide bonds. The summed E-state index contributed by atoms with van der Waals surface area (Å²) in [6.45, 7) is 2.65. The van der Waals surface area contributed by atoms with Crippen molar-refractivity contribution in [2.75, 3.05) is 32.2 Å². The second kappa shape index (κ2) is 4.45. The Labute approximate surface area is 102 Å². The third kappa shape index (κ3) is 2.31. The minimum Gasteiger partial charge on any atom is -0.454 e. The van der Waals surface area contributed by atoms with E-state index in [0.29, 0.717) is 12.8 Å². The number of rotatable bonds is 2. The van der Waals surface area contributed by atoms with Gasteiger partial charge in [0.2, 0.25) is 6.79 Å². The summed E-state index contributed by atoms with van der Waals surface area (Å²) in [7, 11) is 2.17. The SMILES string of the molecule is CN1CCCC(Nc2ccc3c(c2)OCO3)C1. The van der Waals surface area contributed by atoms with E-state index in [1.807, 2.05) is 12.1 Å². The summed E-state index contributed by atoms with van der Waals surface area (Å²) in [5, 5.41) is 3.56. The lowest BCUT2D eigenvalue weighted by Gasteiger charge is -2.30. The molecule has 1 N–H and O–H groups in total. The number of fused-ring (bicyclic) bond motifs is 1. The normalized spacial score (nSPS) is 23.7. The lowest BCUT2D eigenvalue weighted by Crippen LogP contribution is -2.39. The Bertz CT molecular complexity index is 408. The number of nitrogens with zero attached hydrogens (tertiary/aromatic N) is 1. The van der Waals surface area contributed by atoms with E-state index in [0.717, 1.165) is 23.7 Å². The Morgan fingerprint density at radius 2 is 2.18 bits per heavy atom. The van der Waals surface area contributed by atoms with Crippen molar-refractivity contribution in [1.29, 1.82) is 0 Å². The van der Waals surface area contributed by atoms with Gasteiger partial charge >= 0.3 is 0 Å². The van der Waals surface area contributed by atoms with Crippen LogP contribution in [0.3, 0.4) is 0 Å². The molecule has 3 rings (SSSR count). The van der Waals surface area contributed by atoms with Crippen molar-refractivity contribution in [3.63, 3.8) is 0 Å². The summed E-state index contributed by atoms with van der Waals surface area (Å²) in [6.07, 6.45) is 2.50. The highest BCUT2D eigenvalue weighted by atomic mass is 16.7. The predicted octanol–water partition coefficient (Wildman–Crippen LogP) is 1.92. The van der Waals surface area contributed by atoms with Crippen molar-refractivity contribution in [2.24, 2.45) is 0 Å². The maximum atomic E-state index is 5.38. The number of piperidine rings is 1. The van der Waals surface area contributed by atoms with E-state index in [1.165, 1.54) is 19.4 Å². The van der Waals surface area contributed by atoms with Crippen molar-refractivity contribution in [2.45, 2.75) is 18.9 Å². The van der Waals surface area contributed by atoms with Gasteiger partial charge in [-0.1, -0.05) is 0 Å². The van der Waals surface area contributed by atoms with Gasteiger partial charge in [0.05, 0.1) is 0 Å². The minimum atomic E-state index is 0.338. The zero-order valence-electron chi connectivity index (χ0n) is 10.1. The van der Waals surface area contributed by atoms with Gasteiger partial charge in [0.25, 0.3) is 0 Å². The smallest absolute Gasteiger partial charge is 0.231 e. The second-order valence-corrected chi connectivity index (χ2v) is 4.81. The van der Waals surface area contributed by atoms with Gasteiger partial charge in [0, 0.05) is 24.3 Å². The van der Waals surface area contributed by atoms with Crippen molar-refractivity contribution >= 4 is 5.69 Å². The molecule has 1 aromatic carbocycles. The fraction of sp³-hybridized carbons (Fsp3) is 0.538. The molecule has 1 unspecified atom stereocenters. The van der Waals surface area contributed by atoms with Gasteiger partial charge in [-0.3, -0.25) is 0 Å². The average Bonchev–Trinajstić information content (AvgIpc) is 2.76. The van der Waals surface area contributed by atoms with Crippen LogP contribution in [0.15, 0.2) is 18.2 Å². The van der Waals surface area contributed by atoms with Crippen molar-refractivity contribution in [1.82, 2.24) is 4.90 Å². The van der Waals surface area contributed by atoms with Crippen molar-refractivity contribution in [3.8, 4) is 11.5 Å². The van der Waals surface area contributed by atoms with E-state index < -0.39 is 0 Å². The molecular weight excluding hydrogens is 216 g/mol. The molecule has 0 aliphatic carbocycles. The number of anilines is 1. The van der Waals surface area contributed by atoms with Crippen LogP contribution in [0, 0.1) is 0 Å². The number of likely N-dealkylation sites (N-methyl/N-ethyl adjacent to an activating group) is 1. The first-order valence-corrected chi connectivity index (χ1v) is 6.16. The molecule has 2 heterocycles. The highest BCUT2D eigenvalue weighted by Gasteiger charge is 2.18. The molecule has 0 saturated carbocycles. The maximum Gasteiger partial charge on any atom is 0.231 e. The van der Waals surface area contributed by atoms with Gasteiger partial charge in [-0.2, -0.15) is 0 Å². The van der Waals surface area contributed by atoms with Crippen LogP contribution in [0.2, 0.25) is 0 Å². The topological polar surface area (TPSA) is 33.7 Å². The summed E-state index contributed by atoms with van der Waals surface area (Å²) in [6, 6.07) is 6.59. The summed E-state index contributed by atoms with van der Waals surface area (Å²) in [5.41, 5.74) is 1.12. The van der Waals surface area contributed by atoms with Gasteiger partial charge in [0.15, 0.2) is 11.5 Å². The zero-order valence-corrected chi connectivity index (χ0v) is 10.1. The maximum absolute atomic E-state index is 5.38. The first-order valence-electron chi connectivity index (χ1n) is 6.16. The molecule has 1 aromatic rings. The van der Waals surface area contributed by atoms with Gasteiger partial charge in [0.1, 0.15) is 0 Å². The van der Waals surface area contributed by atoms with Gasteiger partial charge in [-0.05, 0) is 38.6 Å². The molecule has 1 fully saturated rings. The number of benzene rings is 1. The van der Waals surface area contributed by atoms with E-state index >= 15 is 0 Å². The van der Waals surface area contributed by atoms with E-state index in [4.69, 9.17) is 9.47 Å². The minimum absolute atomic E-state index is 0.338. The standard InChI is InChI=1S/C13H18N2O2/c1-15-6-2-3-11(8-15)14-10-4-5-12-13(7-10)17-9-16-12/h4-5,7,11,14H,2-3,6,8-9H2,1H3. The molecule has 17 heavy (non-hydrogen) atoms. The van der Waals surface area contributed by atoms with Crippen LogP contribution in [0.5, 0.6) is 11.5 Å². The van der Waals surface area contributed by atoms with Gasteiger partial charge in [-0.25, -0.2) is 0 Å². The first kappa shape index (κ1) is 10.7. The van der Waals surface area contributed by atoms with E-state index in [2.05, 4.69) is 23.3 Å². The summed E-state index contributed by atoms with van der Waals surface area (Å²) in [4.78, 5) is 2.37. The molecule has 0 spiro atoms. The molecule has 1 saturated heterocycles. The first-order chi connectivity index (χ1) is 8.31. The average molecular weight is 234 g/mol. The van der Waals surface area contributed by atoms with Crippen LogP contribution in [-0.4, -0.2) is 37.9 Å². The van der Waals surface area contributed by atoms with Crippen molar-refractivity contribution < 1.29 is 9.47 Å². The highest BCUT2D eigenvalue weighted by molar-refractivity contribution is 5.56. The lowest BCUT2D eigenvalue weighted by atomic mass is 10.1. The Morgan fingerprint density at radius 3 is 3.06 bits per heavy atom. The van der Waals surface area contributed by atoms with Crippen LogP contribution in [0.4, 0.5) is 5.69 Å². The summed E-state index contributed by atoms with van der Waals surface area (Å²) < 4.78 is 10.7. The molecular formula is C13H18N2O2. The highest BCUT2D eigenvalue weighted by Crippen LogP contribution is 2.34.